The molecule has 5 N–H and O–H groups in total. The Hall–Kier alpha value is -5.38. The molecule has 2 aliphatic rings. The lowest BCUT2D eigenvalue weighted by Crippen LogP contribution is -2.50. The summed E-state index contributed by atoms with van der Waals surface area (Å²) in [5, 5.41) is 9.76. The Balaban J connectivity index is 0.933. The zero-order valence-corrected chi connectivity index (χ0v) is 29.1. The number of alkyl carbamates (subject to hydrolysis) is 1. The monoisotopic (exact) mass is 689 g/mol. The number of primary amides is 1. The first-order chi connectivity index (χ1) is 24.7. The number of rotatable bonds is 14. The van der Waals surface area contributed by atoms with E-state index in [1.165, 1.54) is 16.7 Å². The maximum atomic E-state index is 13.2. The normalized spacial score (nSPS) is 17.8. The lowest BCUT2D eigenvalue weighted by atomic mass is 9.85. The van der Waals surface area contributed by atoms with Crippen molar-refractivity contribution in [2.75, 3.05) is 13.2 Å². The summed E-state index contributed by atoms with van der Waals surface area (Å²) < 4.78 is 7.87. The summed E-state index contributed by atoms with van der Waals surface area (Å²) in [7, 11) is 0. The van der Waals surface area contributed by atoms with Crippen LogP contribution in [0.4, 0.5) is 4.79 Å². The molecule has 3 aromatic carbocycles. The van der Waals surface area contributed by atoms with Crippen LogP contribution in [0.2, 0.25) is 0 Å². The van der Waals surface area contributed by atoms with Gasteiger partial charge >= 0.3 is 6.09 Å². The molecule has 0 aliphatic heterocycles. The van der Waals surface area contributed by atoms with Gasteiger partial charge in [0.2, 0.25) is 17.7 Å². The Morgan fingerprint density at radius 3 is 2.31 bits per heavy atom. The van der Waals surface area contributed by atoms with Crippen LogP contribution in [-0.2, 0) is 25.7 Å². The molecule has 0 saturated heterocycles. The molecule has 10 heteroatoms. The predicted molar refractivity (Wildman–Crippen MR) is 198 cm³/mol. The molecule has 2 aliphatic carbocycles. The number of allylic oxidation sites excluding steroid dienone is 1. The fraction of sp³-hybridized carbons (Fsp3) is 0.366. The predicted octanol–water partition coefficient (Wildman–Crippen LogP) is 5.72. The number of hydrogen-bond acceptors (Lipinski definition) is 5. The molecule has 4 aromatic rings. The van der Waals surface area contributed by atoms with Crippen molar-refractivity contribution in [2.45, 2.75) is 70.0 Å². The maximum Gasteiger partial charge on any atom is 0.407 e. The molecule has 51 heavy (non-hydrogen) atoms. The first-order valence-electron chi connectivity index (χ1n) is 17.8. The second-order valence-electron chi connectivity index (χ2n) is 13.9. The third-order valence-electron chi connectivity index (χ3n) is 10.3. The molecule has 0 spiro atoms. The zero-order chi connectivity index (χ0) is 35.9. The number of nitrogens with zero attached hydrogens (tertiary/aromatic N) is 1. The fourth-order valence-electron chi connectivity index (χ4n) is 7.55. The van der Waals surface area contributed by atoms with E-state index in [4.69, 9.17) is 10.5 Å². The first kappa shape index (κ1) is 35.4. The molecule has 2 atom stereocenters. The van der Waals surface area contributed by atoms with Crippen molar-refractivity contribution in [3.8, 4) is 11.1 Å². The highest BCUT2D eigenvalue weighted by atomic mass is 16.5. The van der Waals surface area contributed by atoms with E-state index in [1.807, 2.05) is 36.5 Å². The SMILES string of the molecule is C=CC[C@H](CNC(=O)C[C@H](NC(=O)C1CCC(NC(=O)OCC2c3ccccc3-c3ccccc32)CC1)C(N)=O)Cn1ccc2cc(C)ccc21. The van der Waals surface area contributed by atoms with Crippen LogP contribution in [0.5, 0.6) is 0 Å². The summed E-state index contributed by atoms with van der Waals surface area (Å²) in [5.41, 5.74) is 12.6. The summed E-state index contributed by atoms with van der Waals surface area (Å²) in [6, 6.07) is 23.5. The van der Waals surface area contributed by atoms with Gasteiger partial charge in [0.15, 0.2) is 0 Å². The van der Waals surface area contributed by atoms with E-state index in [1.54, 1.807) is 0 Å². The zero-order valence-electron chi connectivity index (χ0n) is 29.1. The second-order valence-corrected chi connectivity index (χ2v) is 13.9. The summed E-state index contributed by atoms with van der Waals surface area (Å²) >= 11 is 0. The highest BCUT2D eigenvalue weighted by molar-refractivity contribution is 5.91. The van der Waals surface area contributed by atoms with Crippen LogP contribution in [0.1, 0.15) is 61.1 Å². The lowest BCUT2D eigenvalue weighted by molar-refractivity contribution is -0.132. The van der Waals surface area contributed by atoms with Crippen molar-refractivity contribution in [3.05, 3.63) is 108 Å². The highest BCUT2D eigenvalue weighted by Crippen LogP contribution is 2.44. The third-order valence-corrected chi connectivity index (χ3v) is 10.3. The molecule has 10 nitrogen and oxygen atoms in total. The molecule has 1 fully saturated rings. The van der Waals surface area contributed by atoms with Crippen LogP contribution in [0, 0.1) is 18.8 Å². The fourth-order valence-corrected chi connectivity index (χ4v) is 7.55. The third kappa shape index (κ3) is 8.51. The standard InChI is InChI=1S/C41H47N5O5/c1-3-8-27(24-46-20-19-29-21-26(2)13-18-37(29)46)23-43-38(47)22-36(39(42)48)45-40(49)28-14-16-30(17-15-28)44-41(50)51-25-35-33-11-6-4-9-31(33)32-10-5-7-12-34(32)35/h3-7,9-13,18-21,27-28,30,35-36H,1,8,14-17,22-25H2,2H3,(H2,42,48)(H,43,47)(H,44,50)(H,45,49)/t27-,28?,30?,36+/m1/s1. The molecule has 0 unspecified atom stereocenters. The number of hydrogen-bond donors (Lipinski definition) is 4. The van der Waals surface area contributed by atoms with Crippen LogP contribution < -0.4 is 21.7 Å². The van der Waals surface area contributed by atoms with Gasteiger partial charge in [0.25, 0.3) is 0 Å². The van der Waals surface area contributed by atoms with Gasteiger partial charge in [0.1, 0.15) is 12.6 Å². The smallest absolute Gasteiger partial charge is 0.407 e. The minimum atomic E-state index is -1.12. The number of fused-ring (bicyclic) bond motifs is 4. The minimum Gasteiger partial charge on any atom is -0.449 e. The highest BCUT2D eigenvalue weighted by Gasteiger charge is 2.32. The topological polar surface area (TPSA) is 145 Å². The quantitative estimate of drug-likeness (QED) is 0.125. The number of ether oxygens (including phenoxy) is 1. The van der Waals surface area contributed by atoms with E-state index in [0.717, 1.165) is 22.0 Å². The number of aromatic nitrogens is 1. The molecule has 266 valence electrons. The summed E-state index contributed by atoms with van der Waals surface area (Å²) in [5.74, 6) is -1.73. The number of aryl methyl sites for hydroxylation is 1. The number of nitrogens with two attached hydrogens (primary N) is 1. The number of nitrogens with one attached hydrogen (secondary N) is 3. The minimum absolute atomic E-state index is 0.0219. The van der Waals surface area contributed by atoms with Gasteiger partial charge in [-0.15, -0.1) is 6.58 Å². The van der Waals surface area contributed by atoms with Gasteiger partial charge in [-0.05, 0) is 90.8 Å². The summed E-state index contributed by atoms with van der Waals surface area (Å²) in [6.07, 6.45) is 6.08. The second kappa shape index (κ2) is 16.1. The van der Waals surface area contributed by atoms with Crippen molar-refractivity contribution in [1.29, 1.82) is 0 Å². The van der Waals surface area contributed by atoms with Crippen molar-refractivity contribution < 1.29 is 23.9 Å². The van der Waals surface area contributed by atoms with Crippen LogP contribution in [-0.4, -0.2) is 53.6 Å². The summed E-state index contributed by atoms with van der Waals surface area (Å²) in [4.78, 5) is 51.1. The van der Waals surface area contributed by atoms with Crippen molar-refractivity contribution in [1.82, 2.24) is 20.5 Å². The molecular weight excluding hydrogens is 642 g/mol. The Morgan fingerprint density at radius 1 is 0.961 bits per heavy atom. The van der Waals surface area contributed by atoms with Gasteiger partial charge in [-0.25, -0.2) is 4.79 Å². The first-order valence-corrected chi connectivity index (χ1v) is 17.8. The lowest BCUT2D eigenvalue weighted by Gasteiger charge is -2.29. The largest absolute Gasteiger partial charge is 0.449 e. The Kier molecular flexibility index (Phi) is 11.2. The average molecular weight is 690 g/mol. The van der Waals surface area contributed by atoms with E-state index < -0.39 is 18.0 Å². The van der Waals surface area contributed by atoms with Crippen molar-refractivity contribution in [2.24, 2.45) is 17.6 Å². The van der Waals surface area contributed by atoms with Gasteiger partial charge in [-0.3, -0.25) is 14.4 Å². The number of carbonyl (C=O) groups is 4. The van der Waals surface area contributed by atoms with E-state index >= 15 is 0 Å². The molecule has 1 saturated carbocycles. The molecule has 1 heterocycles. The van der Waals surface area contributed by atoms with Crippen LogP contribution >= 0.6 is 0 Å². The maximum absolute atomic E-state index is 13.2. The molecule has 4 amide bonds. The number of benzene rings is 3. The van der Waals surface area contributed by atoms with Gasteiger partial charge in [-0.2, -0.15) is 0 Å². The Labute approximate surface area is 298 Å². The van der Waals surface area contributed by atoms with E-state index in [0.29, 0.717) is 45.2 Å². The molecule has 0 radical (unpaired) electrons. The van der Waals surface area contributed by atoms with Gasteiger partial charge in [-0.1, -0.05) is 66.2 Å². The van der Waals surface area contributed by atoms with Crippen LogP contribution in [0.25, 0.3) is 22.0 Å². The molecule has 1 aromatic heterocycles. The van der Waals surface area contributed by atoms with E-state index in [2.05, 4.69) is 82.6 Å². The average Bonchev–Trinajstić information content (AvgIpc) is 3.67. The van der Waals surface area contributed by atoms with Crippen molar-refractivity contribution in [3.63, 3.8) is 0 Å². The van der Waals surface area contributed by atoms with Gasteiger partial charge in [0.05, 0.1) is 6.42 Å². The van der Waals surface area contributed by atoms with Gasteiger partial charge in [0, 0.05) is 42.7 Å². The Morgan fingerprint density at radius 2 is 1.65 bits per heavy atom. The molecular formula is C41H47N5O5. The molecule has 6 rings (SSSR count). The Bertz CT molecular complexity index is 1860. The number of carbonyl (C=O) groups excluding carboxylic acids is 4. The number of amides is 4. The van der Waals surface area contributed by atoms with E-state index in [9.17, 15) is 19.2 Å². The van der Waals surface area contributed by atoms with Crippen molar-refractivity contribution >= 4 is 34.7 Å². The van der Waals surface area contributed by atoms with E-state index in [-0.39, 0.29) is 48.6 Å². The summed E-state index contributed by atoms with van der Waals surface area (Å²) in [6.45, 7) is 7.25. The molecule has 0 bridgehead atoms. The van der Waals surface area contributed by atoms with Crippen LogP contribution in [0.3, 0.4) is 0 Å². The van der Waals surface area contributed by atoms with Gasteiger partial charge < -0.3 is 31.0 Å². The van der Waals surface area contributed by atoms with Crippen LogP contribution in [0.15, 0.2) is 91.6 Å².